The molecule has 0 saturated heterocycles. The van der Waals surface area contributed by atoms with Crippen molar-refractivity contribution in [1.29, 1.82) is 0 Å². The molecule has 3 rings (SSSR count). The van der Waals surface area contributed by atoms with Gasteiger partial charge in [0.1, 0.15) is 0 Å². The average molecular weight is 316 g/mol. The Morgan fingerprint density at radius 3 is 2.00 bits per heavy atom. The largest absolute Gasteiger partial charge is 0.339 e. The van der Waals surface area contributed by atoms with Gasteiger partial charge < -0.3 is 10.2 Å². The van der Waals surface area contributed by atoms with Crippen LogP contribution in [0.3, 0.4) is 0 Å². The van der Waals surface area contributed by atoms with Gasteiger partial charge in [0.25, 0.3) is 0 Å². The molecule has 1 unspecified atom stereocenters. The van der Waals surface area contributed by atoms with Gasteiger partial charge in [-0.25, -0.2) is 8.42 Å². The van der Waals surface area contributed by atoms with E-state index in [9.17, 15) is 8.42 Å². The lowest BCUT2D eigenvalue weighted by Gasteiger charge is -2.34. The molecule has 0 fully saturated rings. The Kier molecular flexibility index (Phi) is 3.93. The van der Waals surface area contributed by atoms with Crippen molar-refractivity contribution >= 4 is 21.2 Å². The molecule has 2 aromatic rings. The number of hydrogen-bond acceptors (Lipinski definition) is 4. The van der Waals surface area contributed by atoms with E-state index in [0.717, 1.165) is 24.5 Å². The molecular formula is C17H20N2O2S. The lowest BCUT2D eigenvalue weighted by molar-refractivity contribution is 0.544. The summed E-state index contributed by atoms with van der Waals surface area (Å²) in [7, 11) is -1.51. The van der Waals surface area contributed by atoms with Crippen molar-refractivity contribution in [3.63, 3.8) is 0 Å². The molecule has 5 heteroatoms. The van der Waals surface area contributed by atoms with Crippen LogP contribution in [-0.4, -0.2) is 28.6 Å². The minimum atomic E-state index is -3.44. The SMILES string of the molecule is CNCC(C)CN1c2ccccc2S(=O)(=O)c2ccccc21. The fraction of sp³-hybridized carbons (Fsp3) is 0.294. The standard InChI is InChI=1S/C17H20N2O2S/c1-13(11-18-2)12-19-14-7-3-5-9-16(14)22(20,21)17-10-6-4-8-15(17)19/h3-10,13,18H,11-12H2,1-2H3. The molecule has 0 aromatic heterocycles. The summed E-state index contributed by atoms with van der Waals surface area (Å²) < 4.78 is 25.6. The smallest absolute Gasteiger partial charge is 0.210 e. The maximum atomic E-state index is 12.8. The molecule has 116 valence electrons. The highest BCUT2D eigenvalue weighted by atomic mass is 32.2. The second-order valence-electron chi connectivity index (χ2n) is 5.71. The zero-order valence-electron chi connectivity index (χ0n) is 12.8. The predicted molar refractivity (Wildman–Crippen MR) is 88.4 cm³/mol. The molecule has 1 aliphatic heterocycles. The van der Waals surface area contributed by atoms with Crippen molar-refractivity contribution in [1.82, 2.24) is 5.32 Å². The number of nitrogens with zero attached hydrogens (tertiary/aromatic N) is 1. The van der Waals surface area contributed by atoms with Crippen molar-refractivity contribution in [2.75, 3.05) is 25.0 Å². The van der Waals surface area contributed by atoms with E-state index >= 15 is 0 Å². The molecule has 0 spiro atoms. The van der Waals surface area contributed by atoms with Crippen molar-refractivity contribution in [3.05, 3.63) is 48.5 Å². The molecule has 0 bridgehead atoms. The van der Waals surface area contributed by atoms with E-state index in [1.165, 1.54) is 0 Å². The quantitative estimate of drug-likeness (QED) is 0.942. The molecule has 0 amide bonds. The Hall–Kier alpha value is -1.85. The molecule has 0 saturated carbocycles. The number of rotatable bonds is 4. The summed E-state index contributed by atoms with van der Waals surface area (Å²) in [5, 5.41) is 3.18. The Balaban J connectivity index is 2.16. The van der Waals surface area contributed by atoms with Crippen molar-refractivity contribution < 1.29 is 8.42 Å². The number of hydrogen-bond donors (Lipinski definition) is 1. The minimum Gasteiger partial charge on any atom is -0.339 e. The maximum absolute atomic E-state index is 12.8. The van der Waals surface area contributed by atoms with Gasteiger partial charge >= 0.3 is 0 Å². The number of anilines is 2. The van der Waals surface area contributed by atoms with Crippen LogP contribution in [-0.2, 0) is 9.84 Å². The van der Waals surface area contributed by atoms with E-state index in [1.54, 1.807) is 24.3 Å². The molecule has 0 aliphatic carbocycles. The molecule has 1 N–H and O–H groups in total. The summed E-state index contributed by atoms with van der Waals surface area (Å²) in [4.78, 5) is 2.91. The number of sulfone groups is 1. The monoisotopic (exact) mass is 316 g/mol. The molecular weight excluding hydrogens is 296 g/mol. The van der Waals surface area contributed by atoms with Crippen LogP contribution in [0.15, 0.2) is 58.3 Å². The maximum Gasteiger partial charge on any atom is 0.210 e. The van der Waals surface area contributed by atoms with Gasteiger partial charge in [0.15, 0.2) is 0 Å². The highest BCUT2D eigenvalue weighted by Gasteiger charge is 2.33. The highest BCUT2D eigenvalue weighted by Crippen LogP contribution is 2.43. The lowest BCUT2D eigenvalue weighted by Crippen LogP contribution is -2.33. The zero-order chi connectivity index (χ0) is 15.7. The van der Waals surface area contributed by atoms with E-state index in [0.29, 0.717) is 15.7 Å². The van der Waals surface area contributed by atoms with Crippen molar-refractivity contribution in [2.45, 2.75) is 16.7 Å². The Morgan fingerprint density at radius 1 is 1.00 bits per heavy atom. The third kappa shape index (κ3) is 2.40. The zero-order valence-corrected chi connectivity index (χ0v) is 13.6. The van der Waals surface area contributed by atoms with Crippen LogP contribution in [0.1, 0.15) is 6.92 Å². The van der Waals surface area contributed by atoms with Gasteiger partial charge in [-0.05, 0) is 43.8 Å². The van der Waals surface area contributed by atoms with Gasteiger partial charge in [-0.3, -0.25) is 0 Å². The first-order chi connectivity index (χ1) is 10.6. The van der Waals surface area contributed by atoms with Gasteiger partial charge in [-0.2, -0.15) is 0 Å². The van der Waals surface area contributed by atoms with E-state index in [-0.39, 0.29) is 0 Å². The number of fused-ring (bicyclic) bond motifs is 2. The first-order valence-electron chi connectivity index (χ1n) is 7.41. The normalized spacial score (nSPS) is 16.7. The molecule has 22 heavy (non-hydrogen) atoms. The van der Waals surface area contributed by atoms with E-state index in [2.05, 4.69) is 17.1 Å². The Labute approximate surface area is 131 Å². The van der Waals surface area contributed by atoms with Gasteiger partial charge in [0.05, 0.1) is 21.2 Å². The first-order valence-corrected chi connectivity index (χ1v) is 8.89. The predicted octanol–water partition coefficient (Wildman–Crippen LogP) is 2.83. The van der Waals surface area contributed by atoms with Gasteiger partial charge in [0.2, 0.25) is 9.84 Å². The Bertz CT molecular complexity index is 733. The second-order valence-corrected chi connectivity index (χ2v) is 7.60. The summed E-state index contributed by atoms with van der Waals surface area (Å²) >= 11 is 0. The van der Waals surface area contributed by atoms with Crippen molar-refractivity contribution in [3.8, 4) is 0 Å². The number of benzene rings is 2. The van der Waals surface area contributed by atoms with Gasteiger partial charge in [-0.15, -0.1) is 0 Å². The van der Waals surface area contributed by atoms with Crippen LogP contribution in [0.25, 0.3) is 0 Å². The molecule has 4 nitrogen and oxygen atoms in total. The van der Waals surface area contributed by atoms with Crippen LogP contribution in [0.4, 0.5) is 11.4 Å². The van der Waals surface area contributed by atoms with Crippen LogP contribution < -0.4 is 10.2 Å². The van der Waals surface area contributed by atoms with E-state index in [4.69, 9.17) is 0 Å². The number of para-hydroxylation sites is 2. The number of nitrogens with one attached hydrogen (secondary N) is 1. The molecule has 1 atom stereocenters. The van der Waals surface area contributed by atoms with Crippen LogP contribution in [0.5, 0.6) is 0 Å². The summed E-state index contributed by atoms with van der Waals surface area (Å²) in [5.41, 5.74) is 1.54. The summed E-state index contributed by atoms with van der Waals surface area (Å²) in [6, 6.07) is 14.5. The first kappa shape index (κ1) is 15.1. The minimum absolute atomic E-state index is 0.394. The van der Waals surface area contributed by atoms with Crippen molar-refractivity contribution in [2.24, 2.45) is 5.92 Å². The van der Waals surface area contributed by atoms with E-state index in [1.807, 2.05) is 31.3 Å². The van der Waals surface area contributed by atoms with Gasteiger partial charge in [0, 0.05) is 6.54 Å². The third-order valence-corrected chi connectivity index (χ3v) is 5.79. The second kappa shape index (κ2) is 5.74. The Morgan fingerprint density at radius 2 is 1.50 bits per heavy atom. The highest BCUT2D eigenvalue weighted by molar-refractivity contribution is 7.92. The molecule has 1 heterocycles. The topological polar surface area (TPSA) is 49.4 Å². The van der Waals surface area contributed by atoms with E-state index < -0.39 is 9.84 Å². The summed E-state index contributed by atoms with van der Waals surface area (Å²) in [6.45, 7) is 3.81. The van der Waals surface area contributed by atoms with Gasteiger partial charge in [-0.1, -0.05) is 31.2 Å². The lowest BCUT2D eigenvalue weighted by atomic mass is 10.1. The van der Waals surface area contributed by atoms with Crippen LogP contribution in [0.2, 0.25) is 0 Å². The molecule has 1 aliphatic rings. The molecule has 0 radical (unpaired) electrons. The van der Waals surface area contributed by atoms with Crippen LogP contribution >= 0.6 is 0 Å². The third-order valence-electron chi connectivity index (χ3n) is 3.94. The fourth-order valence-corrected chi connectivity index (χ4v) is 4.64. The summed E-state index contributed by atoms with van der Waals surface area (Å²) in [6.07, 6.45) is 0. The van der Waals surface area contributed by atoms with Crippen LogP contribution in [0, 0.1) is 5.92 Å². The summed E-state index contributed by atoms with van der Waals surface area (Å²) in [5.74, 6) is 0.395. The molecule has 2 aromatic carbocycles. The fourth-order valence-electron chi connectivity index (χ4n) is 2.98. The average Bonchev–Trinajstić information content (AvgIpc) is 2.52.